The molecule has 0 spiro atoms. The quantitative estimate of drug-likeness (QED) is 0.768. The molecule has 7 heteroatoms. The minimum absolute atomic E-state index is 0.595. The largest absolute Gasteiger partial charge is 0.330 e. The highest BCUT2D eigenvalue weighted by Crippen LogP contribution is 2.26. The van der Waals surface area contributed by atoms with Crippen molar-refractivity contribution in [2.24, 2.45) is 5.73 Å². The molecular weight excluding hydrogens is 326 g/mol. The van der Waals surface area contributed by atoms with E-state index >= 15 is 0 Å². The molecule has 0 aromatic carbocycles. The Bertz CT molecular complexity index is 705. The van der Waals surface area contributed by atoms with E-state index in [2.05, 4.69) is 31.3 Å². The van der Waals surface area contributed by atoms with Crippen LogP contribution in [0.1, 0.15) is 5.69 Å². The number of halogens is 1. The average Bonchev–Trinajstić information content (AvgIpc) is 2.95. The van der Waals surface area contributed by atoms with Crippen LogP contribution >= 0.6 is 27.3 Å². The lowest BCUT2D eigenvalue weighted by atomic mass is 10.3. The van der Waals surface area contributed by atoms with Crippen molar-refractivity contribution in [3.05, 3.63) is 39.9 Å². The number of nitrogens with one attached hydrogen (secondary N) is 1. The Kier molecular flexibility index (Phi) is 3.50. The third-order valence-corrected chi connectivity index (χ3v) is 4.20. The first-order valence-corrected chi connectivity index (χ1v) is 7.48. The Morgan fingerprint density at radius 1 is 1.42 bits per heavy atom. The molecule has 3 aromatic rings. The summed E-state index contributed by atoms with van der Waals surface area (Å²) in [5.41, 5.74) is 7.33. The van der Waals surface area contributed by atoms with Gasteiger partial charge in [0.05, 0.1) is 16.9 Å². The van der Waals surface area contributed by atoms with E-state index in [1.165, 1.54) is 0 Å². The van der Waals surface area contributed by atoms with Gasteiger partial charge in [-0.25, -0.2) is 9.50 Å². The Hall–Kier alpha value is -1.44. The Balaban J connectivity index is 1.88. The van der Waals surface area contributed by atoms with Crippen molar-refractivity contribution in [2.45, 2.75) is 6.42 Å². The molecule has 0 saturated carbocycles. The van der Waals surface area contributed by atoms with Gasteiger partial charge < -0.3 is 11.1 Å². The van der Waals surface area contributed by atoms with Crippen molar-refractivity contribution in [2.75, 3.05) is 11.9 Å². The lowest BCUT2D eigenvalue weighted by Gasteiger charge is -2.02. The van der Waals surface area contributed by atoms with E-state index in [0.717, 1.165) is 33.1 Å². The average molecular weight is 338 g/mol. The number of fused-ring (bicyclic) bond motifs is 1. The number of rotatable bonds is 4. The standard InChI is InChI=1S/C12H12BrN5S/c13-8-5-12(19-7-8)16-10-1-2-11-15-9(3-4-14)6-18(11)17-10/h1-2,5-7H,3-4,14H2,(H,16,17). The fourth-order valence-electron chi connectivity index (χ4n) is 1.77. The highest BCUT2D eigenvalue weighted by molar-refractivity contribution is 9.10. The van der Waals surface area contributed by atoms with Crippen molar-refractivity contribution in [3.8, 4) is 0 Å². The Morgan fingerprint density at radius 3 is 3.05 bits per heavy atom. The van der Waals surface area contributed by atoms with Crippen LogP contribution in [0.25, 0.3) is 5.65 Å². The second-order valence-corrected chi connectivity index (χ2v) is 5.87. The monoisotopic (exact) mass is 337 g/mol. The minimum Gasteiger partial charge on any atom is -0.330 e. The number of thiophene rings is 1. The van der Waals surface area contributed by atoms with Crippen LogP contribution in [0.4, 0.5) is 10.8 Å². The van der Waals surface area contributed by atoms with E-state index in [0.29, 0.717) is 6.54 Å². The van der Waals surface area contributed by atoms with E-state index < -0.39 is 0 Å². The molecular formula is C12H12BrN5S. The predicted octanol–water partition coefficient (Wildman–Crippen LogP) is 2.80. The molecule has 0 aliphatic heterocycles. The second kappa shape index (κ2) is 5.28. The molecule has 0 fully saturated rings. The second-order valence-electron chi connectivity index (χ2n) is 4.05. The predicted molar refractivity (Wildman–Crippen MR) is 81.0 cm³/mol. The highest BCUT2D eigenvalue weighted by atomic mass is 79.9. The van der Waals surface area contributed by atoms with Crippen molar-refractivity contribution in [1.82, 2.24) is 14.6 Å². The van der Waals surface area contributed by atoms with Crippen LogP contribution in [-0.4, -0.2) is 21.1 Å². The fourth-order valence-corrected chi connectivity index (χ4v) is 3.10. The van der Waals surface area contributed by atoms with Gasteiger partial charge >= 0.3 is 0 Å². The van der Waals surface area contributed by atoms with Crippen molar-refractivity contribution < 1.29 is 0 Å². The van der Waals surface area contributed by atoms with E-state index in [9.17, 15) is 0 Å². The topological polar surface area (TPSA) is 68.2 Å². The molecule has 0 aliphatic rings. The summed E-state index contributed by atoms with van der Waals surface area (Å²) in [6.45, 7) is 0.595. The normalized spacial score (nSPS) is 11.1. The number of hydrogen-bond acceptors (Lipinski definition) is 5. The van der Waals surface area contributed by atoms with Gasteiger partial charge in [-0.05, 0) is 40.7 Å². The van der Waals surface area contributed by atoms with Crippen molar-refractivity contribution in [1.29, 1.82) is 0 Å². The molecule has 0 saturated heterocycles. The minimum atomic E-state index is 0.595. The molecule has 0 bridgehead atoms. The number of hydrogen-bond donors (Lipinski definition) is 2. The Morgan fingerprint density at radius 2 is 2.32 bits per heavy atom. The lowest BCUT2D eigenvalue weighted by Crippen LogP contribution is -2.02. The van der Waals surface area contributed by atoms with Crippen LogP contribution in [0.2, 0.25) is 0 Å². The van der Waals surface area contributed by atoms with Gasteiger partial charge in [0.25, 0.3) is 0 Å². The molecule has 3 aromatic heterocycles. The summed E-state index contributed by atoms with van der Waals surface area (Å²) in [4.78, 5) is 4.44. The first-order chi connectivity index (χ1) is 9.24. The maximum atomic E-state index is 5.53. The van der Waals surface area contributed by atoms with Gasteiger partial charge in [0, 0.05) is 16.3 Å². The zero-order chi connectivity index (χ0) is 13.2. The molecule has 3 heterocycles. The van der Waals surface area contributed by atoms with Gasteiger partial charge in [-0.1, -0.05) is 0 Å². The van der Waals surface area contributed by atoms with Gasteiger partial charge in [-0.15, -0.1) is 16.4 Å². The van der Waals surface area contributed by atoms with Gasteiger partial charge in [0.15, 0.2) is 11.5 Å². The molecule has 5 nitrogen and oxygen atoms in total. The van der Waals surface area contributed by atoms with Crippen LogP contribution in [0.3, 0.4) is 0 Å². The molecule has 3 N–H and O–H groups in total. The molecule has 0 atom stereocenters. The van der Waals surface area contributed by atoms with Gasteiger partial charge in [-0.3, -0.25) is 0 Å². The molecule has 0 radical (unpaired) electrons. The van der Waals surface area contributed by atoms with Gasteiger partial charge in [0.2, 0.25) is 0 Å². The van der Waals surface area contributed by atoms with E-state index in [1.54, 1.807) is 15.9 Å². The van der Waals surface area contributed by atoms with Crippen LogP contribution in [0.15, 0.2) is 34.2 Å². The van der Waals surface area contributed by atoms with E-state index in [-0.39, 0.29) is 0 Å². The molecule has 19 heavy (non-hydrogen) atoms. The summed E-state index contributed by atoms with van der Waals surface area (Å²) in [7, 11) is 0. The molecule has 0 amide bonds. The van der Waals surface area contributed by atoms with E-state index in [1.807, 2.05) is 29.8 Å². The highest BCUT2D eigenvalue weighted by Gasteiger charge is 2.04. The molecule has 0 unspecified atom stereocenters. The van der Waals surface area contributed by atoms with Crippen LogP contribution < -0.4 is 11.1 Å². The first kappa shape index (κ1) is 12.6. The lowest BCUT2D eigenvalue weighted by molar-refractivity contribution is 0.917. The van der Waals surface area contributed by atoms with Gasteiger partial charge in [-0.2, -0.15) is 0 Å². The Labute approximate surface area is 122 Å². The summed E-state index contributed by atoms with van der Waals surface area (Å²) >= 11 is 5.05. The van der Waals surface area contributed by atoms with E-state index in [4.69, 9.17) is 5.73 Å². The number of nitrogens with two attached hydrogens (primary N) is 1. The fraction of sp³-hybridized carbons (Fsp3) is 0.167. The third kappa shape index (κ3) is 2.78. The van der Waals surface area contributed by atoms with Crippen molar-refractivity contribution >= 4 is 43.7 Å². The smallest absolute Gasteiger partial charge is 0.153 e. The van der Waals surface area contributed by atoms with Crippen LogP contribution in [0, 0.1) is 0 Å². The maximum absolute atomic E-state index is 5.53. The van der Waals surface area contributed by atoms with Crippen LogP contribution in [-0.2, 0) is 6.42 Å². The summed E-state index contributed by atoms with van der Waals surface area (Å²) in [5.74, 6) is 0.790. The molecule has 3 rings (SSSR count). The first-order valence-electron chi connectivity index (χ1n) is 5.81. The summed E-state index contributed by atoms with van der Waals surface area (Å²) in [6.07, 6.45) is 2.68. The molecule has 0 aliphatic carbocycles. The third-order valence-electron chi connectivity index (χ3n) is 2.59. The zero-order valence-electron chi connectivity index (χ0n) is 10.0. The summed E-state index contributed by atoms with van der Waals surface area (Å²) in [6, 6.07) is 5.88. The zero-order valence-corrected chi connectivity index (χ0v) is 12.4. The number of anilines is 2. The number of aromatic nitrogens is 3. The maximum Gasteiger partial charge on any atom is 0.153 e. The van der Waals surface area contributed by atoms with Crippen molar-refractivity contribution in [3.63, 3.8) is 0 Å². The van der Waals surface area contributed by atoms with Crippen LogP contribution in [0.5, 0.6) is 0 Å². The number of nitrogens with zero attached hydrogens (tertiary/aromatic N) is 3. The summed E-state index contributed by atoms with van der Waals surface area (Å²) < 4.78 is 2.84. The summed E-state index contributed by atoms with van der Waals surface area (Å²) in [5, 5.41) is 10.8. The molecule has 98 valence electrons. The number of imidazole rings is 1. The SMILES string of the molecule is NCCc1cn2nc(Nc3cc(Br)cs3)ccc2n1. The van der Waals surface area contributed by atoms with Gasteiger partial charge in [0.1, 0.15) is 0 Å².